The van der Waals surface area contributed by atoms with Gasteiger partial charge in [0.25, 0.3) is 0 Å². The van der Waals surface area contributed by atoms with Gasteiger partial charge in [-0.05, 0) is 19.1 Å². The molecule has 5 heteroatoms. The van der Waals surface area contributed by atoms with E-state index in [1.807, 2.05) is 6.92 Å². The molecule has 0 aliphatic heterocycles. The number of aryl methyl sites for hydroxylation is 1. The Bertz CT molecular complexity index is 325. The van der Waals surface area contributed by atoms with E-state index in [1.54, 1.807) is 6.07 Å². The Labute approximate surface area is 63.5 Å². The number of sulfonamides is 1. The van der Waals surface area contributed by atoms with Gasteiger partial charge in [-0.1, -0.05) is 0 Å². The highest BCUT2D eigenvalue weighted by atomic mass is 32.2. The van der Waals surface area contributed by atoms with Crippen LogP contribution in [0.15, 0.2) is 16.3 Å². The van der Waals surface area contributed by atoms with Crippen LogP contribution in [0.4, 0.5) is 0 Å². The fraction of sp³-hybridized carbons (Fsp3) is 0.200. The SMILES string of the molecule is Cc1ccc(S(N)(=O)=O)s1. The first-order valence-corrected chi connectivity index (χ1v) is 4.95. The second-order valence-corrected chi connectivity index (χ2v) is 4.99. The van der Waals surface area contributed by atoms with Gasteiger partial charge >= 0.3 is 0 Å². The van der Waals surface area contributed by atoms with Gasteiger partial charge in [0, 0.05) is 4.88 Å². The van der Waals surface area contributed by atoms with E-state index in [0.717, 1.165) is 4.88 Å². The first-order valence-electron chi connectivity index (χ1n) is 2.59. The molecule has 10 heavy (non-hydrogen) atoms. The summed E-state index contributed by atoms with van der Waals surface area (Å²) in [6.07, 6.45) is 0. The van der Waals surface area contributed by atoms with Crippen molar-refractivity contribution >= 4 is 21.4 Å². The Hall–Kier alpha value is -0.390. The molecule has 0 unspecified atom stereocenters. The molecule has 1 heterocycles. The lowest BCUT2D eigenvalue weighted by molar-refractivity contribution is 0.600. The monoisotopic (exact) mass is 177 g/mol. The molecule has 1 aromatic rings. The van der Waals surface area contributed by atoms with Crippen LogP contribution in [0.3, 0.4) is 0 Å². The largest absolute Gasteiger partial charge is 0.247 e. The first kappa shape index (κ1) is 7.71. The maximum atomic E-state index is 10.6. The van der Waals surface area contributed by atoms with Crippen molar-refractivity contribution in [3.8, 4) is 0 Å². The maximum absolute atomic E-state index is 10.6. The minimum atomic E-state index is -3.46. The summed E-state index contributed by atoms with van der Waals surface area (Å²) in [5.41, 5.74) is 0. The number of primary sulfonamides is 1. The van der Waals surface area contributed by atoms with Crippen LogP contribution >= 0.6 is 11.3 Å². The molecule has 56 valence electrons. The van der Waals surface area contributed by atoms with Gasteiger partial charge in [0.2, 0.25) is 10.0 Å². The maximum Gasteiger partial charge on any atom is 0.247 e. The zero-order valence-corrected chi connectivity index (χ0v) is 7.00. The van der Waals surface area contributed by atoms with Gasteiger partial charge in [0.05, 0.1) is 0 Å². The minimum Gasteiger partial charge on any atom is -0.224 e. The average molecular weight is 177 g/mol. The highest BCUT2D eigenvalue weighted by molar-refractivity contribution is 7.91. The Morgan fingerprint density at radius 1 is 1.50 bits per heavy atom. The third kappa shape index (κ3) is 1.56. The molecular formula is C5H7NO2S2. The van der Waals surface area contributed by atoms with Gasteiger partial charge in [0.15, 0.2) is 0 Å². The zero-order chi connectivity index (χ0) is 7.78. The van der Waals surface area contributed by atoms with E-state index in [-0.39, 0.29) is 4.21 Å². The summed E-state index contributed by atoms with van der Waals surface area (Å²) >= 11 is 1.18. The number of rotatable bonds is 1. The lowest BCUT2D eigenvalue weighted by Gasteiger charge is -1.87. The normalized spacial score (nSPS) is 11.8. The Kier molecular flexibility index (Phi) is 1.80. The molecule has 0 radical (unpaired) electrons. The number of thiophene rings is 1. The van der Waals surface area contributed by atoms with Gasteiger partial charge in [-0.2, -0.15) is 0 Å². The van der Waals surface area contributed by atoms with E-state index < -0.39 is 10.0 Å². The van der Waals surface area contributed by atoms with Gasteiger partial charge < -0.3 is 0 Å². The van der Waals surface area contributed by atoms with Crippen LogP contribution in [0.25, 0.3) is 0 Å². The summed E-state index contributed by atoms with van der Waals surface area (Å²) in [6, 6.07) is 3.24. The quantitative estimate of drug-likeness (QED) is 0.686. The smallest absolute Gasteiger partial charge is 0.224 e. The van der Waals surface area contributed by atoms with E-state index in [0.29, 0.717) is 0 Å². The van der Waals surface area contributed by atoms with Gasteiger partial charge in [0.1, 0.15) is 4.21 Å². The van der Waals surface area contributed by atoms with Crippen LogP contribution in [0.5, 0.6) is 0 Å². The second kappa shape index (κ2) is 2.34. The third-order valence-corrected chi connectivity index (χ3v) is 3.44. The molecule has 0 atom stereocenters. The van der Waals surface area contributed by atoms with Crippen LogP contribution in [0, 0.1) is 6.92 Å². The van der Waals surface area contributed by atoms with E-state index >= 15 is 0 Å². The van der Waals surface area contributed by atoms with Crippen LogP contribution in [0.1, 0.15) is 4.88 Å². The van der Waals surface area contributed by atoms with E-state index in [1.165, 1.54) is 17.4 Å². The van der Waals surface area contributed by atoms with E-state index in [9.17, 15) is 8.42 Å². The molecule has 0 saturated carbocycles. The summed E-state index contributed by atoms with van der Waals surface area (Å²) in [5.74, 6) is 0. The zero-order valence-electron chi connectivity index (χ0n) is 5.37. The summed E-state index contributed by atoms with van der Waals surface area (Å²) in [4.78, 5) is 0.948. The minimum absolute atomic E-state index is 0.227. The molecule has 1 aromatic heterocycles. The molecule has 2 N–H and O–H groups in total. The highest BCUT2D eigenvalue weighted by Gasteiger charge is 2.08. The van der Waals surface area contributed by atoms with Crippen molar-refractivity contribution in [2.75, 3.05) is 0 Å². The number of hydrogen-bond donors (Lipinski definition) is 1. The molecule has 0 fully saturated rings. The van der Waals surface area contributed by atoms with Crippen LogP contribution in [0.2, 0.25) is 0 Å². The van der Waals surface area contributed by atoms with Crippen molar-refractivity contribution in [1.82, 2.24) is 0 Å². The molecule has 0 aromatic carbocycles. The molecular weight excluding hydrogens is 170 g/mol. The Morgan fingerprint density at radius 2 is 2.10 bits per heavy atom. The van der Waals surface area contributed by atoms with E-state index in [2.05, 4.69) is 0 Å². The fourth-order valence-electron chi connectivity index (χ4n) is 0.565. The van der Waals surface area contributed by atoms with Crippen molar-refractivity contribution < 1.29 is 8.42 Å². The topological polar surface area (TPSA) is 60.2 Å². The predicted octanol–water partition coefficient (Wildman–Crippen LogP) is 0.704. The number of nitrogens with two attached hydrogens (primary N) is 1. The number of hydrogen-bond acceptors (Lipinski definition) is 3. The lowest BCUT2D eigenvalue weighted by Crippen LogP contribution is -2.09. The Balaban J connectivity index is 3.21. The van der Waals surface area contributed by atoms with Crippen molar-refractivity contribution in [2.24, 2.45) is 5.14 Å². The van der Waals surface area contributed by atoms with Crippen molar-refractivity contribution in [2.45, 2.75) is 11.1 Å². The standard InChI is InChI=1S/C5H7NO2S2/c1-4-2-3-5(9-4)10(6,7)8/h2-3H,1H3,(H2,6,7,8). The van der Waals surface area contributed by atoms with Gasteiger partial charge in [-0.25, -0.2) is 13.6 Å². The van der Waals surface area contributed by atoms with Crippen molar-refractivity contribution in [1.29, 1.82) is 0 Å². The second-order valence-electron chi connectivity index (χ2n) is 1.91. The van der Waals surface area contributed by atoms with Crippen LogP contribution in [-0.2, 0) is 10.0 Å². The molecule has 0 aliphatic carbocycles. The van der Waals surface area contributed by atoms with Crippen LogP contribution in [-0.4, -0.2) is 8.42 Å². The summed E-state index contributed by atoms with van der Waals surface area (Å²) in [6.45, 7) is 1.83. The Morgan fingerprint density at radius 3 is 2.30 bits per heavy atom. The molecule has 0 spiro atoms. The fourth-order valence-corrected chi connectivity index (χ4v) is 2.27. The van der Waals surface area contributed by atoms with Gasteiger partial charge in [-0.3, -0.25) is 0 Å². The molecule has 0 bridgehead atoms. The predicted molar refractivity (Wildman–Crippen MR) is 40.4 cm³/mol. The summed E-state index contributed by atoms with van der Waals surface area (Å²) < 4.78 is 21.5. The highest BCUT2D eigenvalue weighted by Crippen LogP contribution is 2.18. The third-order valence-electron chi connectivity index (χ3n) is 0.996. The summed E-state index contributed by atoms with van der Waals surface area (Å²) in [5, 5.41) is 4.85. The molecule has 3 nitrogen and oxygen atoms in total. The molecule has 0 amide bonds. The van der Waals surface area contributed by atoms with Gasteiger partial charge in [-0.15, -0.1) is 11.3 Å². The van der Waals surface area contributed by atoms with E-state index in [4.69, 9.17) is 5.14 Å². The van der Waals surface area contributed by atoms with Crippen molar-refractivity contribution in [3.05, 3.63) is 17.0 Å². The van der Waals surface area contributed by atoms with Crippen molar-refractivity contribution in [3.63, 3.8) is 0 Å². The molecule has 1 rings (SSSR count). The lowest BCUT2D eigenvalue weighted by atomic mass is 10.5. The molecule has 0 saturated heterocycles. The first-order chi connectivity index (χ1) is 4.50. The van der Waals surface area contributed by atoms with Crippen LogP contribution < -0.4 is 5.14 Å². The molecule has 0 aliphatic rings. The summed E-state index contributed by atoms with van der Waals surface area (Å²) in [7, 11) is -3.46. The average Bonchev–Trinajstić information content (AvgIpc) is 2.11.